The molecule has 0 aliphatic carbocycles. The Morgan fingerprint density at radius 1 is 1.48 bits per heavy atom. The first-order chi connectivity index (χ1) is 11.2. The maximum atomic E-state index is 12.3. The monoisotopic (exact) mass is 316 g/mol. The number of aromatic nitrogens is 1. The third-order valence-corrected chi connectivity index (χ3v) is 3.85. The molecule has 122 valence electrons. The Bertz CT molecular complexity index is 711. The quantitative estimate of drug-likeness (QED) is 0.855. The van der Waals surface area contributed by atoms with Crippen LogP contribution in [0, 0.1) is 0 Å². The summed E-state index contributed by atoms with van der Waals surface area (Å²) in [6, 6.07) is 5.82. The molecule has 1 N–H and O–H groups in total. The lowest BCUT2D eigenvalue weighted by Gasteiger charge is -2.18. The van der Waals surface area contributed by atoms with E-state index in [2.05, 4.69) is 10.3 Å². The summed E-state index contributed by atoms with van der Waals surface area (Å²) in [5.41, 5.74) is 1.87. The van der Waals surface area contributed by atoms with Crippen molar-refractivity contribution in [1.29, 1.82) is 0 Å². The molecule has 1 atom stereocenters. The van der Waals surface area contributed by atoms with Gasteiger partial charge in [-0.15, -0.1) is 0 Å². The summed E-state index contributed by atoms with van der Waals surface area (Å²) in [6.07, 6.45) is 2.44. The van der Waals surface area contributed by atoms with Crippen LogP contribution in [0.1, 0.15) is 23.7 Å². The molecule has 0 amide bonds. The maximum Gasteiger partial charge on any atom is 0.341 e. The van der Waals surface area contributed by atoms with Gasteiger partial charge in [0.15, 0.2) is 0 Å². The number of benzene rings is 1. The van der Waals surface area contributed by atoms with Gasteiger partial charge in [0, 0.05) is 18.2 Å². The molecule has 1 aromatic heterocycles. The van der Waals surface area contributed by atoms with Gasteiger partial charge >= 0.3 is 5.97 Å². The van der Waals surface area contributed by atoms with Gasteiger partial charge in [-0.05, 0) is 19.4 Å². The van der Waals surface area contributed by atoms with Crippen LogP contribution < -0.4 is 10.1 Å². The van der Waals surface area contributed by atoms with Crippen molar-refractivity contribution in [1.82, 2.24) is 4.98 Å². The van der Waals surface area contributed by atoms with Crippen LogP contribution in [-0.4, -0.2) is 43.9 Å². The van der Waals surface area contributed by atoms with Crippen LogP contribution in [0.5, 0.6) is 5.75 Å². The number of anilines is 1. The van der Waals surface area contributed by atoms with Crippen molar-refractivity contribution in [2.24, 2.45) is 0 Å². The number of carbonyl (C=O) groups excluding carboxylic acids is 1. The minimum absolute atomic E-state index is 0.167. The third-order valence-electron chi connectivity index (χ3n) is 3.85. The Balaban J connectivity index is 2.11. The van der Waals surface area contributed by atoms with Gasteiger partial charge in [0.1, 0.15) is 16.8 Å². The number of fused-ring (bicyclic) bond motifs is 1. The molecule has 2 aromatic rings. The van der Waals surface area contributed by atoms with E-state index in [4.69, 9.17) is 14.2 Å². The predicted molar refractivity (Wildman–Crippen MR) is 87.1 cm³/mol. The Hall–Kier alpha value is -2.34. The molecule has 0 saturated carbocycles. The van der Waals surface area contributed by atoms with Gasteiger partial charge < -0.3 is 19.5 Å². The summed E-state index contributed by atoms with van der Waals surface area (Å²) in [5, 5.41) is 4.26. The summed E-state index contributed by atoms with van der Waals surface area (Å²) in [6.45, 7) is 3.45. The molecule has 2 heterocycles. The van der Waals surface area contributed by atoms with Gasteiger partial charge in [-0.1, -0.05) is 12.1 Å². The molecule has 6 nitrogen and oxygen atoms in total. The molecule has 6 heteroatoms. The number of rotatable bonds is 5. The number of hydrogen-bond donors (Lipinski definition) is 1. The van der Waals surface area contributed by atoms with E-state index >= 15 is 0 Å². The minimum Gasteiger partial charge on any atom is -0.494 e. The number of ether oxygens (including phenoxy) is 3. The summed E-state index contributed by atoms with van der Waals surface area (Å²) in [4.78, 5) is 16.7. The molecule has 1 aromatic carbocycles. The van der Waals surface area contributed by atoms with Crippen LogP contribution in [0.15, 0.2) is 24.4 Å². The Labute approximate surface area is 134 Å². The van der Waals surface area contributed by atoms with Gasteiger partial charge in [-0.25, -0.2) is 4.79 Å². The van der Waals surface area contributed by atoms with Gasteiger partial charge in [-0.3, -0.25) is 4.98 Å². The maximum absolute atomic E-state index is 12.3. The van der Waals surface area contributed by atoms with Crippen molar-refractivity contribution in [2.75, 3.05) is 32.2 Å². The highest BCUT2D eigenvalue weighted by Crippen LogP contribution is 2.33. The predicted octanol–water partition coefficient (Wildman–Crippen LogP) is 2.62. The lowest BCUT2D eigenvalue weighted by atomic mass is 10.1. The van der Waals surface area contributed by atoms with Crippen LogP contribution in [0.2, 0.25) is 0 Å². The highest BCUT2D eigenvalue weighted by Gasteiger charge is 2.22. The topological polar surface area (TPSA) is 69.7 Å². The second-order valence-corrected chi connectivity index (χ2v) is 5.33. The van der Waals surface area contributed by atoms with Gasteiger partial charge in [-0.2, -0.15) is 0 Å². The summed E-state index contributed by atoms with van der Waals surface area (Å²) < 4.78 is 15.9. The first-order valence-corrected chi connectivity index (χ1v) is 7.71. The fourth-order valence-corrected chi connectivity index (χ4v) is 2.73. The zero-order valence-electron chi connectivity index (χ0n) is 13.3. The van der Waals surface area contributed by atoms with Crippen molar-refractivity contribution in [2.45, 2.75) is 19.4 Å². The van der Waals surface area contributed by atoms with Crippen LogP contribution in [0.25, 0.3) is 10.9 Å². The van der Waals surface area contributed by atoms with Crippen molar-refractivity contribution in [3.05, 3.63) is 30.0 Å². The second kappa shape index (κ2) is 6.83. The number of para-hydroxylation sites is 1. The van der Waals surface area contributed by atoms with Crippen molar-refractivity contribution < 1.29 is 19.0 Å². The molecule has 0 bridgehead atoms. The summed E-state index contributed by atoms with van der Waals surface area (Å²) >= 11 is 0. The molecule has 3 rings (SSSR count). The van der Waals surface area contributed by atoms with Crippen LogP contribution in [0.4, 0.5) is 5.69 Å². The first-order valence-electron chi connectivity index (χ1n) is 7.71. The van der Waals surface area contributed by atoms with E-state index in [9.17, 15) is 4.79 Å². The standard InChI is InChI=1S/C17H20N2O4/c1-3-23-17(20)13-9-18-16-12(5-4-6-14(16)21-2)15(13)19-11-7-8-22-10-11/h4-6,9,11H,3,7-8,10H2,1-2H3,(H,18,19). The molecule has 0 spiro atoms. The molecule has 1 saturated heterocycles. The number of nitrogens with one attached hydrogen (secondary N) is 1. The molecule has 1 fully saturated rings. The SMILES string of the molecule is CCOC(=O)c1cnc2c(OC)cccc2c1NC1CCOC1. The van der Waals surface area contributed by atoms with Crippen LogP contribution in [0.3, 0.4) is 0 Å². The van der Waals surface area contributed by atoms with Gasteiger partial charge in [0.25, 0.3) is 0 Å². The normalized spacial score (nSPS) is 17.2. The largest absolute Gasteiger partial charge is 0.494 e. The highest BCUT2D eigenvalue weighted by molar-refractivity contribution is 6.06. The van der Waals surface area contributed by atoms with E-state index in [0.717, 1.165) is 24.1 Å². The molecule has 1 aliphatic rings. The van der Waals surface area contributed by atoms with Crippen LogP contribution >= 0.6 is 0 Å². The number of pyridine rings is 1. The summed E-state index contributed by atoms with van der Waals surface area (Å²) in [7, 11) is 1.60. The molecular formula is C17H20N2O4. The molecule has 0 radical (unpaired) electrons. The zero-order chi connectivity index (χ0) is 16.2. The number of nitrogens with zero attached hydrogens (tertiary/aromatic N) is 1. The van der Waals surface area contributed by atoms with Crippen LogP contribution in [-0.2, 0) is 9.47 Å². The van der Waals surface area contributed by atoms with E-state index in [0.29, 0.717) is 30.0 Å². The number of esters is 1. The van der Waals surface area contributed by atoms with E-state index in [-0.39, 0.29) is 12.0 Å². The Morgan fingerprint density at radius 3 is 3.04 bits per heavy atom. The molecule has 1 unspecified atom stereocenters. The number of carbonyl (C=O) groups is 1. The summed E-state index contributed by atoms with van der Waals surface area (Å²) in [5.74, 6) is 0.287. The fourth-order valence-electron chi connectivity index (χ4n) is 2.73. The Morgan fingerprint density at radius 2 is 2.35 bits per heavy atom. The lowest BCUT2D eigenvalue weighted by Crippen LogP contribution is -2.21. The first kappa shape index (κ1) is 15.6. The molecule has 1 aliphatic heterocycles. The van der Waals surface area contributed by atoms with Gasteiger partial charge in [0.05, 0.1) is 32.1 Å². The van der Waals surface area contributed by atoms with E-state index in [1.54, 1.807) is 20.2 Å². The molecule has 23 heavy (non-hydrogen) atoms. The minimum atomic E-state index is -0.383. The lowest BCUT2D eigenvalue weighted by molar-refractivity contribution is 0.0527. The third kappa shape index (κ3) is 3.07. The smallest absolute Gasteiger partial charge is 0.341 e. The average molecular weight is 316 g/mol. The highest BCUT2D eigenvalue weighted by atomic mass is 16.5. The zero-order valence-corrected chi connectivity index (χ0v) is 13.3. The van der Waals surface area contributed by atoms with Gasteiger partial charge in [0.2, 0.25) is 0 Å². The fraction of sp³-hybridized carbons (Fsp3) is 0.412. The van der Waals surface area contributed by atoms with E-state index in [1.165, 1.54) is 0 Å². The molecular weight excluding hydrogens is 296 g/mol. The number of hydrogen-bond acceptors (Lipinski definition) is 6. The number of methoxy groups -OCH3 is 1. The van der Waals surface area contributed by atoms with Crippen molar-refractivity contribution in [3.63, 3.8) is 0 Å². The average Bonchev–Trinajstić information content (AvgIpc) is 3.07. The van der Waals surface area contributed by atoms with E-state index in [1.807, 2.05) is 18.2 Å². The van der Waals surface area contributed by atoms with E-state index < -0.39 is 0 Å². The van der Waals surface area contributed by atoms with Crippen molar-refractivity contribution >= 4 is 22.6 Å². The second-order valence-electron chi connectivity index (χ2n) is 5.33. The Kier molecular flexibility index (Phi) is 4.62. The van der Waals surface area contributed by atoms with Crippen molar-refractivity contribution in [3.8, 4) is 5.75 Å².